The van der Waals surface area contributed by atoms with Crippen LogP contribution in [0.2, 0.25) is 0 Å². The summed E-state index contributed by atoms with van der Waals surface area (Å²) in [4.78, 5) is 34.8. The minimum Gasteiger partial charge on any atom is -0.383 e. The van der Waals surface area contributed by atoms with Crippen molar-refractivity contribution in [3.63, 3.8) is 0 Å². The number of carbonyl (C=O) groups is 1. The van der Waals surface area contributed by atoms with E-state index in [2.05, 4.69) is 31.8 Å². The Bertz CT molecular complexity index is 1830. The van der Waals surface area contributed by atoms with E-state index in [0.29, 0.717) is 34.9 Å². The third-order valence-electron chi connectivity index (χ3n) is 7.47. The third-order valence-corrected chi connectivity index (χ3v) is 8.61. The van der Waals surface area contributed by atoms with E-state index in [4.69, 9.17) is 5.73 Å². The first-order valence-electron chi connectivity index (χ1n) is 12.8. The maximum Gasteiger partial charge on any atom is 0.262 e. The first-order chi connectivity index (χ1) is 19.7. The summed E-state index contributed by atoms with van der Waals surface area (Å²) in [5.41, 5.74) is 8.15. The number of thiophene rings is 1. The molecule has 0 saturated heterocycles. The van der Waals surface area contributed by atoms with Crippen molar-refractivity contribution in [3.05, 3.63) is 100 Å². The van der Waals surface area contributed by atoms with Gasteiger partial charge < -0.3 is 11.1 Å². The van der Waals surface area contributed by atoms with Gasteiger partial charge in [0.05, 0.1) is 30.0 Å². The number of nitrogens with two attached hydrogens (primary N) is 1. The number of nitrogens with zero attached hydrogens (tertiary/aromatic N) is 5. The Kier molecular flexibility index (Phi) is 6.46. The van der Waals surface area contributed by atoms with Crippen LogP contribution in [0.1, 0.15) is 30.3 Å². The van der Waals surface area contributed by atoms with Gasteiger partial charge in [0, 0.05) is 21.4 Å². The van der Waals surface area contributed by atoms with Gasteiger partial charge in [0.2, 0.25) is 0 Å². The topological polar surface area (TPSA) is 109 Å². The Morgan fingerprint density at radius 3 is 2.76 bits per heavy atom. The highest BCUT2D eigenvalue weighted by atomic mass is 32.1. The van der Waals surface area contributed by atoms with Crippen LogP contribution in [0.15, 0.2) is 88.4 Å². The van der Waals surface area contributed by atoms with E-state index < -0.39 is 23.2 Å². The van der Waals surface area contributed by atoms with Gasteiger partial charge in [-0.1, -0.05) is 18.7 Å². The fourth-order valence-corrected chi connectivity index (χ4v) is 5.86. The number of nitrogens with one attached hydrogen (secondary N) is 1. The van der Waals surface area contributed by atoms with Gasteiger partial charge in [0.25, 0.3) is 5.91 Å². The molecular weight excluding hydrogens is 544 g/mol. The number of halogens is 2. The van der Waals surface area contributed by atoms with Gasteiger partial charge in [-0.2, -0.15) is 0 Å². The molecule has 2 atom stereocenters. The molecule has 1 amide bonds. The van der Waals surface area contributed by atoms with Crippen molar-refractivity contribution >= 4 is 46.5 Å². The van der Waals surface area contributed by atoms with Crippen LogP contribution >= 0.6 is 11.3 Å². The smallest absolute Gasteiger partial charge is 0.262 e. The number of nitrogen functional groups attached to an aromatic ring is 1. The molecule has 3 N–H and O–H groups in total. The lowest BCUT2D eigenvalue weighted by molar-refractivity contribution is -0.125. The van der Waals surface area contributed by atoms with Gasteiger partial charge in [-0.25, -0.2) is 23.7 Å². The predicted octanol–water partition coefficient (Wildman–Crippen LogP) is 5.55. The molecule has 0 aliphatic carbocycles. The van der Waals surface area contributed by atoms with Gasteiger partial charge in [0.15, 0.2) is 11.6 Å². The first-order valence-corrected chi connectivity index (χ1v) is 13.6. The van der Waals surface area contributed by atoms with Crippen LogP contribution in [-0.2, 0) is 11.3 Å². The van der Waals surface area contributed by atoms with E-state index in [1.54, 1.807) is 24.5 Å². The first kappa shape index (κ1) is 26.5. The number of aliphatic imine (C=N–C) groups is 2. The van der Waals surface area contributed by atoms with Crippen molar-refractivity contribution in [2.45, 2.75) is 32.0 Å². The summed E-state index contributed by atoms with van der Waals surface area (Å²) < 4.78 is 27.4. The second-order valence-corrected chi connectivity index (χ2v) is 11.2. The predicted molar refractivity (Wildman–Crippen MR) is 157 cm³/mol. The molecule has 0 bridgehead atoms. The summed E-state index contributed by atoms with van der Waals surface area (Å²) >= 11 is 1.60. The van der Waals surface area contributed by atoms with E-state index in [1.807, 2.05) is 37.3 Å². The molecule has 2 unspecified atom stereocenters. The van der Waals surface area contributed by atoms with Gasteiger partial charge >= 0.3 is 0 Å². The summed E-state index contributed by atoms with van der Waals surface area (Å²) in [6.45, 7) is 8.02. The van der Waals surface area contributed by atoms with Crippen LogP contribution < -0.4 is 11.1 Å². The van der Waals surface area contributed by atoms with Crippen LogP contribution in [0.4, 0.5) is 14.6 Å². The molecule has 0 fully saturated rings. The third kappa shape index (κ3) is 4.57. The molecule has 6 rings (SSSR count). The van der Waals surface area contributed by atoms with Crippen LogP contribution in [0.3, 0.4) is 0 Å². The number of rotatable bonds is 6. The fraction of sp³-hybridized carbons (Fsp3) is 0.167. The van der Waals surface area contributed by atoms with Gasteiger partial charge in [-0.05, 0) is 66.9 Å². The molecule has 206 valence electrons. The second kappa shape index (κ2) is 10.0. The van der Waals surface area contributed by atoms with Crippen molar-refractivity contribution in [2.24, 2.45) is 9.98 Å². The molecule has 41 heavy (non-hydrogen) atoms. The maximum atomic E-state index is 13.9. The van der Waals surface area contributed by atoms with E-state index >= 15 is 0 Å². The minimum absolute atomic E-state index is 0.337. The minimum atomic E-state index is -1.01. The second-order valence-electron chi connectivity index (χ2n) is 10.00. The summed E-state index contributed by atoms with van der Waals surface area (Å²) in [6, 6.07) is 12.9. The van der Waals surface area contributed by atoms with Gasteiger partial charge in [-0.15, -0.1) is 11.3 Å². The Morgan fingerprint density at radius 1 is 1.12 bits per heavy atom. The molecule has 2 aliphatic rings. The number of hydrogen-bond donors (Lipinski definition) is 2. The Hall–Kier alpha value is -4.77. The van der Waals surface area contributed by atoms with E-state index in [-0.39, 0.29) is 5.91 Å². The van der Waals surface area contributed by atoms with Crippen LogP contribution in [0, 0.1) is 11.6 Å². The van der Waals surface area contributed by atoms with Crippen LogP contribution in [-0.4, -0.2) is 38.9 Å². The van der Waals surface area contributed by atoms with E-state index in [1.165, 1.54) is 23.6 Å². The molecule has 11 heteroatoms. The van der Waals surface area contributed by atoms with Crippen LogP contribution in [0.5, 0.6) is 0 Å². The quantitative estimate of drug-likeness (QED) is 0.317. The number of hydrogen-bond acceptors (Lipinski definition) is 8. The van der Waals surface area contributed by atoms with Crippen molar-refractivity contribution in [1.29, 1.82) is 0 Å². The summed E-state index contributed by atoms with van der Waals surface area (Å²) in [5.74, 6) is -1.46. The largest absolute Gasteiger partial charge is 0.383 e. The standard InChI is InChI=1S/C30H25F2N7OS/c1-16-12-34-28(26-29(40)39(15-38-30(16,26)3)17(2)18-4-7-22(31)23(32)11-18)35-13-20-6-9-25(41-20)19-5-8-24-21(10-19)27(33)37-14-36-24/h4-12,14-15,17,35H,1,13H2,2-3H3,(H2,33,36,37). The fourth-order valence-electron chi connectivity index (χ4n) is 4.91. The Labute approximate surface area is 238 Å². The zero-order valence-corrected chi connectivity index (χ0v) is 23.0. The number of amides is 1. The molecule has 0 spiro atoms. The lowest BCUT2D eigenvalue weighted by Crippen LogP contribution is -2.49. The molecule has 2 aromatic carbocycles. The summed E-state index contributed by atoms with van der Waals surface area (Å²) in [5, 5.41) is 4.10. The monoisotopic (exact) mass is 569 g/mol. The van der Waals surface area contributed by atoms with Crippen molar-refractivity contribution in [1.82, 2.24) is 20.2 Å². The van der Waals surface area contributed by atoms with Gasteiger partial charge in [-0.3, -0.25) is 14.7 Å². The SMILES string of the molecule is C=C1C=NC(NCc2ccc(-c3ccc4ncnc(N)c4c3)s2)=C2C(=O)N(C(C)c3ccc(F)c(F)c3)C=NC12C. The lowest BCUT2D eigenvalue weighted by atomic mass is 9.81. The number of fused-ring (bicyclic) bond motifs is 2. The van der Waals surface area contributed by atoms with E-state index in [9.17, 15) is 13.6 Å². The number of benzene rings is 2. The molecule has 2 aromatic heterocycles. The number of aromatic nitrogens is 2. The maximum absolute atomic E-state index is 13.9. The Balaban J connectivity index is 1.27. The van der Waals surface area contributed by atoms with Crippen molar-refractivity contribution in [2.75, 3.05) is 5.73 Å². The molecule has 0 radical (unpaired) electrons. The molecule has 0 saturated carbocycles. The van der Waals surface area contributed by atoms with Gasteiger partial charge in [0.1, 0.15) is 23.5 Å². The zero-order valence-electron chi connectivity index (χ0n) is 22.2. The highest BCUT2D eigenvalue weighted by Crippen LogP contribution is 2.39. The molecule has 2 aliphatic heterocycles. The zero-order chi connectivity index (χ0) is 28.9. The number of carbonyl (C=O) groups excluding carboxylic acids is 1. The average Bonchev–Trinajstić information content (AvgIpc) is 3.44. The average molecular weight is 570 g/mol. The molecular formula is C30H25F2N7OS. The highest BCUT2D eigenvalue weighted by molar-refractivity contribution is 7.15. The molecule has 4 heterocycles. The lowest BCUT2D eigenvalue weighted by Gasteiger charge is -2.40. The van der Waals surface area contributed by atoms with E-state index in [0.717, 1.165) is 38.4 Å². The Morgan fingerprint density at radius 2 is 1.95 bits per heavy atom. The summed E-state index contributed by atoms with van der Waals surface area (Å²) in [6.07, 6.45) is 4.49. The molecule has 8 nitrogen and oxygen atoms in total. The van der Waals surface area contributed by atoms with Crippen LogP contribution in [0.25, 0.3) is 21.3 Å². The normalized spacial score (nSPS) is 19.2. The van der Waals surface area contributed by atoms with Crippen molar-refractivity contribution in [3.8, 4) is 10.4 Å². The highest BCUT2D eigenvalue weighted by Gasteiger charge is 2.45. The number of anilines is 1. The molecule has 4 aromatic rings. The van der Waals surface area contributed by atoms with Crippen molar-refractivity contribution < 1.29 is 13.6 Å². The summed E-state index contributed by atoms with van der Waals surface area (Å²) in [7, 11) is 0.